The standard InChI is InChI=1S/C27H27NO7/c1-32-22-12-9-17(14-21(22)30)10-13-25(31)28-26-19(6-5-7-20(26)29)11-8-18-15-23(33-2)27(35-4)24(16-18)34-3/h5-16,29-30H,1-4H3,(H,28,31)/b11-8+,13-10+. The minimum absolute atomic E-state index is 0.0324. The second-order valence-electron chi connectivity index (χ2n) is 7.29. The Labute approximate surface area is 203 Å². The molecule has 1 amide bonds. The van der Waals surface area contributed by atoms with Gasteiger partial charge in [-0.3, -0.25) is 4.79 Å². The molecule has 0 aliphatic heterocycles. The molecule has 8 heteroatoms. The van der Waals surface area contributed by atoms with Gasteiger partial charge in [-0.2, -0.15) is 0 Å². The summed E-state index contributed by atoms with van der Waals surface area (Å²) in [5.74, 6) is 1.26. The highest BCUT2D eigenvalue weighted by molar-refractivity contribution is 6.04. The third kappa shape index (κ3) is 6.05. The maximum atomic E-state index is 12.5. The van der Waals surface area contributed by atoms with Crippen LogP contribution in [-0.2, 0) is 4.79 Å². The Bertz CT molecular complexity index is 1240. The lowest BCUT2D eigenvalue weighted by molar-refractivity contribution is -0.111. The number of para-hydroxylation sites is 1. The highest BCUT2D eigenvalue weighted by Gasteiger charge is 2.13. The van der Waals surface area contributed by atoms with Gasteiger partial charge in [-0.05, 0) is 47.5 Å². The zero-order valence-corrected chi connectivity index (χ0v) is 19.9. The van der Waals surface area contributed by atoms with Gasteiger partial charge in [-0.1, -0.05) is 30.4 Å². The van der Waals surface area contributed by atoms with Gasteiger partial charge < -0.3 is 34.5 Å². The Balaban J connectivity index is 1.83. The van der Waals surface area contributed by atoms with E-state index in [9.17, 15) is 15.0 Å². The first-order valence-electron chi connectivity index (χ1n) is 10.6. The van der Waals surface area contributed by atoms with E-state index in [1.165, 1.54) is 46.6 Å². The zero-order chi connectivity index (χ0) is 25.4. The molecule has 0 aromatic heterocycles. The minimum Gasteiger partial charge on any atom is -0.506 e. The summed E-state index contributed by atoms with van der Waals surface area (Å²) in [6.07, 6.45) is 6.40. The third-order valence-electron chi connectivity index (χ3n) is 5.10. The molecule has 3 rings (SSSR count). The molecule has 182 valence electrons. The molecule has 0 spiro atoms. The number of benzene rings is 3. The predicted octanol–water partition coefficient (Wildman–Crippen LogP) is 4.95. The molecule has 3 aromatic rings. The molecule has 0 heterocycles. The van der Waals surface area contributed by atoms with Gasteiger partial charge in [0.15, 0.2) is 23.0 Å². The smallest absolute Gasteiger partial charge is 0.248 e. The summed E-state index contributed by atoms with van der Waals surface area (Å²) in [6, 6.07) is 13.3. The number of aromatic hydroxyl groups is 2. The van der Waals surface area contributed by atoms with Crippen LogP contribution in [0.5, 0.6) is 34.5 Å². The van der Waals surface area contributed by atoms with Gasteiger partial charge >= 0.3 is 0 Å². The first-order valence-corrected chi connectivity index (χ1v) is 10.6. The van der Waals surface area contributed by atoms with Crippen LogP contribution in [0.25, 0.3) is 18.2 Å². The van der Waals surface area contributed by atoms with E-state index in [-0.39, 0.29) is 17.2 Å². The maximum absolute atomic E-state index is 12.5. The Morgan fingerprint density at radius 1 is 0.743 bits per heavy atom. The van der Waals surface area contributed by atoms with Gasteiger partial charge in [0.25, 0.3) is 0 Å². The fourth-order valence-electron chi connectivity index (χ4n) is 3.36. The number of phenolic OH excluding ortho intramolecular Hbond substituents is 2. The number of nitrogens with one attached hydrogen (secondary N) is 1. The summed E-state index contributed by atoms with van der Waals surface area (Å²) in [5, 5.41) is 23.0. The van der Waals surface area contributed by atoms with Gasteiger partial charge in [0, 0.05) is 11.6 Å². The quantitative estimate of drug-likeness (QED) is 0.227. The van der Waals surface area contributed by atoms with Crippen molar-refractivity contribution < 1.29 is 34.0 Å². The van der Waals surface area contributed by atoms with Crippen molar-refractivity contribution in [3.8, 4) is 34.5 Å². The number of carbonyl (C=O) groups is 1. The van der Waals surface area contributed by atoms with Crippen LogP contribution in [0.3, 0.4) is 0 Å². The normalized spacial score (nSPS) is 11.0. The van der Waals surface area contributed by atoms with Gasteiger partial charge in [0.1, 0.15) is 5.75 Å². The van der Waals surface area contributed by atoms with Crippen LogP contribution in [0.4, 0.5) is 5.69 Å². The number of hydrogen-bond acceptors (Lipinski definition) is 7. The van der Waals surface area contributed by atoms with Crippen LogP contribution in [0.15, 0.2) is 54.6 Å². The van der Waals surface area contributed by atoms with Crippen molar-refractivity contribution in [3.63, 3.8) is 0 Å². The monoisotopic (exact) mass is 477 g/mol. The van der Waals surface area contributed by atoms with Crippen molar-refractivity contribution in [1.29, 1.82) is 0 Å². The van der Waals surface area contributed by atoms with Gasteiger partial charge in [0.05, 0.1) is 34.1 Å². The molecule has 0 saturated carbocycles. The van der Waals surface area contributed by atoms with E-state index in [1.807, 2.05) is 0 Å². The fraction of sp³-hybridized carbons (Fsp3) is 0.148. The molecule has 35 heavy (non-hydrogen) atoms. The molecular weight excluding hydrogens is 450 g/mol. The lowest BCUT2D eigenvalue weighted by Gasteiger charge is -2.13. The Kier molecular flexibility index (Phi) is 8.24. The average molecular weight is 478 g/mol. The summed E-state index contributed by atoms with van der Waals surface area (Å²) < 4.78 is 21.1. The van der Waals surface area contributed by atoms with Crippen molar-refractivity contribution in [2.24, 2.45) is 0 Å². The lowest BCUT2D eigenvalue weighted by Crippen LogP contribution is -2.09. The van der Waals surface area contributed by atoms with Crippen molar-refractivity contribution in [1.82, 2.24) is 0 Å². The summed E-state index contributed by atoms with van der Waals surface area (Å²) in [5.41, 5.74) is 2.21. The lowest BCUT2D eigenvalue weighted by atomic mass is 10.1. The predicted molar refractivity (Wildman–Crippen MR) is 135 cm³/mol. The topological polar surface area (TPSA) is 106 Å². The summed E-state index contributed by atoms with van der Waals surface area (Å²) in [6.45, 7) is 0. The van der Waals surface area contributed by atoms with E-state index in [0.717, 1.165) is 5.56 Å². The summed E-state index contributed by atoms with van der Waals surface area (Å²) in [7, 11) is 6.06. The average Bonchev–Trinajstić information content (AvgIpc) is 2.87. The second-order valence-corrected chi connectivity index (χ2v) is 7.29. The summed E-state index contributed by atoms with van der Waals surface area (Å²) in [4.78, 5) is 12.5. The Morgan fingerprint density at radius 2 is 1.43 bits per heavy atom. The van der Waals surface area contributed by atoms with Crippen LogP contribution in [0.2, 0.25) is 0 Å². The second kappa shape index (κ2) is 11.5. The number of carbonyl (C=O) groups excluding carboxylic acids is 1. The molecule has 3 aromatic carbocycles. The SMILES string of the molecule is COc1ccc(/C=C/C(=O)Nc2c(O)cccc2/C=C/c2cc(OC)c(OC)c(OC)c2)cc1O. The van der Waals surface area contributed by atoms with Crippen LogP contribution in [-0.4, -0.2) is 44.6 Å². The Hall–Kier alpha value is -4.59. The van der Waals surface area contributed by atoms with E-state index < -0.39 is 5.91 Å². The molecule has 0 saturated heterocycles. The molecule has 0 aliphatic rings. The van der Waals surface area contributed by atoms with Crippen molar-refractivity contribution >= 4 is 29.8 Å². The number of methoxy groups -OCH3 is 4. The number of ether oxygens (including phenoxy) is 4. The first-order chi connectivity index (χ1) is 16.9. The molecule has 0 aliphatic carbocycles. The molecule has 8 nitrogen and oxygen atoms in total. The minimum atomic E-state index is -0.454. The van der Waals surface area contributed by atoms with E-state index >= 15 is 0 Å². The third-order valence-corrected chi connectivity index (χ3v) is 5.10. The van der Waals surface area contributed by atoms with E-state index in [0.29, 0.717) is 34.1 Å². The highest BCUT2D eigenvalue weighted by Crippen LogP contribution is 2.39. The van der Waals surface area contributed by atoms with E-state index in [4.69, 9.17) is 18.9 Å². The van der Waals surface area contributed by atoms with E-state index in [1.54, 1.807) is 54.6 Å². The van der Waals surface area contributed by atoms with Gasteiger partial charge in [0.2, 0.25) is 11.7 Å². The number of phenols is 2. The molecule has 0 radical (unpaired) electrons. The van der Waals surface area contributed by atoms with Crippen LogP contribution in [0.1, 0.15) is 16.7 Å². The van der Waals surface area contributed by atoms with Gasteiger partial charge in [-0.15, -0.1) is 0 Å². The van der Waals surface area contributed by atoms with Crippen LogP contribution >= 0.6 is 0 Å². The first kappa shape index (κ1) is 25.0. The molecule has 0 bridgehead atoms. The van der Waals surface area contributed by atoms with Crippen LogP contribution < -0.4 is 24.3 Å². The van der Waals surface area contributed by atoms with Gasteiger partial charge in [-0.25, -0.2) is 0 Å². The number of amides is 1. The largest absolute Gasteiger partial charge is 0.506 e. The molecule has 0 unspecified atom stereocenters. The molecule has 0 fully saturated rings. The number of anilines is 1. The van der Waals surface area contributed by atoms with Crippen molar-refractivity contribution in [2.75, 3.05) is 33.8 Å². The summed E-state index contributed by atoms with van der Waals surface area (Å²) >= 11 is 0. The molecule has 0 atom stereocenters. The molecule has 3 N–H and O–H groups in total. The Morgan fingerprint density at radius 3 is 2.03 bits per heavy atom. The van der Waals surface area contributed by atoms with Crippen LogP contribution in [0, 0.1) is 0 Å². The molecular formula is C27H27NO7. The van der Waals surface area contributed by atoms with Crippen molar-refractivity contribution in [2.45, 2.75) is 0 Å². The fourth-order valence-corrected chi connectivity index (χ4v) is 3.36. The zero-order valence-electron chi connectivity index (χ0n) is 19.9. The number of hydrogen-bond donors (Lipinski definition) is 3. The van der Waals surface area contributed by atoms with Crippen molar-refractivity contribution in [3.05, 3.63) is 71.3 Å². The maximum Gasteiger partial charge on any atom is 0.248 e. The van der Waals surface area contributed by atoms with E-state index in [2.05, 4.69) is 5.32 Å². The highest BCUT2D eigenvalue weighted by atomic mass is 16.5. The number of rotatable bonds is 9.